The Bertz CT molecular complexity index is 842. The van der Waals surface area contributed by atoms with E-state index in [0.29, 0.717) is 48.5 Å². The molecule has 1 fully saturated rings. The molecule has 1 saturated heterocycles. The van der Waals surface area contributed by atoms with Gasteiger partial charge in [0.2, 0.25) is 5.91 Å². The van der Waals surface area contributed by atoms with Gasteiger partial charge < -0.3 is 4.90 Å². The van der Waals surface area contributed by atoms with Gasteiger partial charge in [0.15, 0.2) is 0 Å². The number of halogens is 2. The number of rotatable bonds is 5. The van der Waals surface area contributed by atoms with Crippen LogP contribution < -0.4 is 0 Å². The molecule has 0 spiro atoms. The minimum Gasteiger partial charge on any atom is -0.339 e. The molecule has 8 nitrogen and oxygen atoms in total. The molecule has 1 aromatic heterocycles. The SMILES string of the molecule is Cc1c([N+](=O)[O-])cnn1CC(=O)N1CCN(Cc2c(Cl)cccc2Cl)CC1. The van der Waals surface area contributed by atoms with E-state index in [0.717, 1.165) is 5.56 Å². The predicted molar refractivity (Wildman–Crippen MR) is 102 cm³/mol. The van der Waals surface area contributed by atoms with Crippen molar-refractivity contribution >= 4 is 34.8 Å². The summed E-state index contributed by atoms with van der Waals surface area (Å²) in [5.41, 5.74) is 1.18. The first-order valence-corrected chi connectivity index (χ1v) is 9.22. The highest BCUT2D eigenvalue weighted by Crippen LogP contribution is 2.26. The number of carbonyl (C=O) groups excluding carboxylic acids is 1. The Kier molecular flexibility index (Phi) is 5.98. The van der Waals surface area contributed by atoms with E-state index in [1.165, 1.54) is 10.9 Å². The Labute approximate surface area is 166 Å². The van der Waals surface area contributed by atoms with Crippen LogP contribution in [0.4, 0.5) is 5.69 Å². The monoisotopic (exact) mass is 411 g/mol. The average molecular weight is 412 g/mol. The smallest absolute Gasteiger partial charge is 0.309 e. The number of carbonyl (C=O) groups is 1. The summed E-state index contributed by atoms with van der Waals surface area (Å²) in [6.07, 6.45) is 1.17. The highest BCUT2D eigenvalue weighted by molar-refractivity contribution is 6.35. The van der Waals surface area contributed by atoms with E-state index in [9.17, 15) is 14.9 Å². The van der Waals surface area contributed by atoms with E-state index in [-0.39, 0.29) is 18.1 Å². The van der Waals surface area contributed by atoms with E-state index in [1.807, 2.05) is 18.2 Å². The maximum absolute atomic E-state index is 12.5. The zero-order valence-electron chi connectivity index (χ0n) is 14.8. The molecule has 0 saturated carbocycles. The Morgan fingerprint density at radius 2 is 1.85 bits per heavy atom. The number of piperazine rings is 1. The van der Waals surface area contributed by atoms with Gasteiger partial charge in [-0.25, -0.2) is 0 Å². The minimum atomic E-state index is -0.498. The van der Waals surface area contributed by atoms with Crippen LogP contribution in [0.15, 0.2) is 24.4 Å². The van der Waals surface area contributed by atoms with Gasteiger partial charge in [0.25, 0.3) is 0 Å². The summed E-state index contributed by atoms with van der Waals surface area (Å²) in [5.74, 6) is -0.105. The van der Waals surface area contributed by atoms with Crippen LogP contribution in [-0.4, -0.2) is 56.6 Å². The molecule has 3 rings (SSSR count). The van der Waals surface area contributed by atoms with Gasteiger partial charge in [-0.2, -0.15) is 5.10 Å². The molecular weight excluding hydrogens is 393 g/mol. The lowest BCUT2D eigenvalue weighted by Crippen LogP contribution is -2.49. The summed E-state index contributed by atoms with van der Waals surface area (Å²) in [6, 6.07) is 5.44. The van der Waals surface area contributed by atoms with Gasteiger partial charge in [-0.1, -0.05) is 29.3 Å². The number of amides is 1. The van der Waals surface area contributed by atoms with Gasteiger partial charge in [-0.15, -0.1) is 0 Å². The normalized spacial score (nSPS) is 15.1. The Morgan fingerprint density at radius 1 is 1.22 bits per heavy atom. The first-order valence-electron chi connectivity index (χ1n) is 8.46. The second-order valence-electron chi connectivity index (χ2n) is 6.39. The molecule has 144 valence electrons. The lowest BCUT2D eigenvalue weighted by Gasteiger charge is -2.35. The highest BCUT2D eigenvalue weighted by Gasteiger charge is 2.24. The molecule has 0 bridgehead atoms. The molecule has 1 aliphatic heterocycles. The van der Waals surface area contributed by atoms with Crippen molar-refractivity contribution in [2.24, 2.45) is 0 Å². The third kappa shape index (κ3) is 4.40. The molecular formula is C17H19Cl2N5O3. The molecule has 0 radical (unpaired) electrons. The molecule has 1 amide bonds. The largest absolute Gasteiger partial charge is 0.339 e. The van der Waals surface area contributed by atoms with Gasteiger partial charge in [0, 0.05) is 48.3 Å². The maximum atomic E-state index is 12.5. The van der Waals surface area contributed by atoms with Crippen LogP contribution in [0.1, 0.15) is 11.3 Å². The van der Waals surface area contributed by atoms with Crippen LogP contribution in [0, 0.1) is 17.0 Å². The Hall–Kier alpha value is -2.16. The van der Waals surface area contributed by atoms with Crippen LogP contribution in [0.2, 0.25) is 10.0 Å². The maximum Gasteiger partial charge on any atom is 0.309 e. The fraction of sp³-hybridized carbons (Fsp3) is 0.412. The molecule has 0 aliphatic carbocycles. The molecule has 2 aromatic rings. The fourth-order valence-electron chi connectivity index (χ4n) is 3.07. The third-order valence-corrected chi connectivity index (χ3v) is 5.44. The van der Waals surface area contributed by atoms with Gasteiger partial charge in [0.05, 0.1) is 4.92 Å². The van der Waals surface area contributed by atoms with Crippen LogP contribution >= 0.6 is 23.2 Å². The lowest BCUT2D eigenvalue weighted by molar-refractivity contribution is -0.385. The third-order valence-electron chi connectivity index (χ3n) is 4.73. The standard InChI is InChI=1S/C17H19Cl2N5O3/c1-12-16(24(26)27)9-20-23(12)11-17(25)22-7-5-21(6-8-22)10-13-14(18)3-2-4-15(13)19/h2-4,9H,5-8,10-11H2,1H3. The van der Waals surface area contributed by atoms with Gasteiger partial charge in [-0.3, -0.25) is 24.5 Å². The molecule has 0 N–H and O–H groups in total. The van der Waals surface area contributed by atoms with Crippen molar-refractivity contribution in [3.05, 3.63) is 55.8 Å². The molecule has 2 heterocycles. The second-order valence-corrected chi connectivity index (χ2v) is 7.20. The van der Waals surface area contributed by atoms with E-state index in [2.05, 4.69) is 10.00 Å². The minimum absolute atomic E-state index is 0.00395. The van der Waals surface area contributed by atoms with E-state index < -0.39 is 4.92 Å². The van der Waals surface area contributed by atoms with Crippen LogP contribution in [-0.2, 0) is 17.9 Å². The van der Waals surface area contributed by atoms with Crippen LogP contribution in [0.25, 0.3) is 0 Å². The summed E-state index contributed by atoms with van der Waals surface area (Å²) in [4.78, 5) is 26.8. The topological polar surface area (TPSA) is 84.5 Å². The summed E-state index contributed by atoms with van der Waals surface area (Å²) >= 11 is 12.4. The number of nitrogens with zero attached hydrogens (tertiary/aromatic N) is 5. The first kappa shape index (κ1) is 19.6. The van der Waals surface area contributed by atoms with Crippen molar-refractivity contribution in [2.75, 3.05) is 26.2 Å². The predicted octanol–water partition coefficient (Wildman–Crippen LogP) is 2.75. The Morgan fingerprint density at radius 3 is 2.41 bits per heavy atom. The van der Waals surface area contributed by atoms with Crippen molar-refractivity contribution < 1.29 is 9.72 Å². The van der Waals surface area contributed by atoms with Crippen LogP contribution in [0.3, 0.4) is 0 Å². The summed E-state index contributed by atoms with van der Waals surface area (Å²) in [6.45, 7) is 4.76. The highest BCUT2D eigenvalue weighted by atomic mass is 35.5. The molecule has 1 aliphatic rings. The second kappa shape index (κ2) is 8.24. The molecule has 1 aromatic carbocycles. The van der Waals surface area contributed by atoms with Gasteiger partial charge >= 0.3 is 5.69 Å². The number of hydrogen-bond acceptors (Lipinski definition) is 5. The van der Waals surface area contributed by atoms with E-state index in [4.69, 9.17) is 23.2 Å². The fourth-order valence-corrected chi connectivity index (χ4v) is 3.58. The van der Waals surface area contributed by atoms with Gasteiger partial charge in [-0.05, 0) is 19.1 Å². The van der Waals surface area contributed by atoms with Crippen molar-refractivity contribution in [3.63, 3.8) is 0 Å². The summed E-state index contributed by atoms with van der Waals surface area (Å²) in [7, 11) is 0. The summed E-state index contributed by atoms with van der Waals surface area (Å²) in [5, 5.41) is 16.1. The van der Waals surface area contributed by atoms with Crippen molar-refractivity contribution in [1.82, 2.24) is 19.6 Å². The number of aromatic nitrogens is 2. The van der Waals surface area contributed by atoms with Crippen LogP contribution in [0.5, 0.6) is 0 Å². The first-order chi connectivity index (χ1) is 12.9. The summed E-state index contributed by atoms with van der Waals surface area (Å²) < 4.78 is 1.37. The van der Waals surface area contributed by atoms with E-state index in [1.54, 1.807) is 11.8 Å². The molecule has 0 unspecified atom stereocenters. The molecule has 27 heavy (non-hydrogen) atoms. The number of hydrogen-bond donors (Lipinski definition) is 0. The average Bonchev–Trinajstić information content (AvgIpc) is 2.99. The quantitative estimate of drug-likeness (QED) is 0.557. The molecule has 10 heteroatoms. The molecule has 0 atom stereocenters. The van der Waals surface area contributed by atoms with Crippen molar-refractivity contribution in [2.45, 2.75) is 20.0 Å². The lowest BCUT2D eigenvalue weighted by atomic mass is 10.2. The zero-order chi connectivity index (χ0) is 19.6. The van der Waals surface area contributed by atoms with Crippen molar-refractivity contribution in [3.8, 4) is 0 Å². The van der Waals surface area contributed by atoms with E-state index >= 15 is 0 Å². The zero-order valence-corrected chi connectivity index (χ0v) is 16.3. The number of benzene rings is 1. The Balaban J connectivity index is 1.56. The van der Waals surface area contributed by atoms with Crippen molar-refractivity contribution in [1.29, 1.82) is 0 Å². The number of nitro groups is 1. The van der Waals surface area contributed by atoms with Gasteiger partial charge in [0.1, 0.15) is 18.4 Å².